The Morgan fingerprint density at radius 3 is 1.46 bits per heavy atom. The molecule has 0 aliphatic rings. The summed E-state index contributed by atoms with van der Waals surface area (Å²) >= 11 is 0. The molecule has 0 atom stereocenters. The Balaban J connectivity index is 2.22. The van der Waals surface area contributed by atoms with Gasteiger partial charge in [0.1, 0.15) is 22.6 Å². The first-order valence-corrected chi connectivity index (χ1v) is 6.70. The predicted molar refractivity (Wildman–Crippen MR) is 83.1 cm³/mol. The molecule has 0 aliphatic heterocycles. The van der Waals surface area contributed by atoms with Gasteiger partial charge in [-0.3, -0.25) is 0 Å². The quantitative estimate of drug-likeness (QED) is 0.657. The second-order valence-corrected chi connectivity index (χ2v) is 4.59. The highest BCUT2D eigenvalue weighted by Gasteiger charge is 2.12. The normalized spacial score (nSPS) is 10.6. The van der Waals surface area contributed by atoms with E-state index in [-0.39, 0.29) is 34.0 Å². The minimum absolute atomic E-state index is 0.0107. The summed E-state index contributed by atoms with van der Waals surface area (Å²) < 4.78 is 9.04. The summed E-state index contributed by atoms with van der Waals surface area (Å²) in [6.07, 6.45) is 0. The van der Waals surface area contributed by atoms with Crippen molar-refractivity contribution in [3.63, 3.8) is 0 Å². The van der Waals surface area contributed by atoms with Gasteiger partial charge in [-0.2, -0.15) is 10.2 Å². The molecule has 2 aromatic carbocycles. The summed E-state index contributed by atoms with van der Waals surface area (Å²) in [6.45, 7) is 0. The van der Waals surface area contributed by atoms with Crippen molar-refractivity contribution in [1.29, 1.82) is 0 Å². The van der Waals surface area contributed by atoms with E-state index in [1.54, 1.807) is 0 Å². The molecule has 0 spiro atoms. The molecule has 0 heterocycles. The molecule has 0 aliphatic carbocycles. The Bertz CT molecular complexity index is 749. The zero-order valence-corrected chi connectivity index (χ0v) is 12.9. The lowest BCUT2D eigenvalue weighted by molar-refractivity contribution is 0.0588. The van der Waals surface area contributed by atoms with E-state index in [0.717, 1.165) is 0 Å². The lowest BCUT2D eigenvalue weighted by Gasteiger charge is -2.03. The summed E-state index contributed by atoms with van der Waals surface area (Å²) in [5.74, 6) is -1.91. The number of carbonyl (C=O) groups excluding carboxylic acids is 2. The monoisotopic (exact) mass is 330 g/mol. The van der Waals surface area contributed by atoms with Gasteiger partial charge in [0.05, 0.1) is 25.6 Å². The number of esters is 2. The first-order valence-electron chi connectivity index (χ1n) is 6.70. The van der Waals surface area contributed by atoms with Crippen molar-refractivity contribution in [1.82, 2.24) is 0 Å². The van der Waals surface area contributed by atoms with Crippen LogP contribution in [0.4, 0.5) is 11.4 Å². The van der Waals surface area contributed by atoms with Gasteiger partial charge in [-0.15, -0.1) is 0 Å². The molecular formula is C16H14N2O6. The van der Waals surface area contributed by atoms with Gasteiger partial charge >= 0.3 is 11.9 Å². The van der Waals surface area contributed by atoms with Gasteiger partial charge < -0.3 is 19.7 Å². The Kier molecular flexibility index (Phi) is 5.10. The fourth-order valence-corrected chi connectivity index (χ4v) is 1.85. The molecule has 8 heteroatoms. The molecule has 124 valence electrons. The maximum atomic E-state index is 11.4. The highest BCUT2D eigenvalue weighted by atomic mass is 16.5. The lowest BCUT2D eigenvalue weighted by atomic mass is 10.2. The number of azo groups is 1. The molecule has 0 bridgehead atoms. The Labute approximate surface area is 137 Å². The van der Waals surface area contributed by atoms with Crippen molar-refractivity contribution in [2.75, 3.05) is 14.2 Å². The minimum Gasteiger partial charge on any atom is -0.507 e. The molecule has 2 aromatic rings. The zero-order chi connectivity index (χ0) is 17.7. The number of methoxy groups -OCH3 is 2. The third-order valence-corrected chi connectivity index (χ3v) is 3.05. The maximum Gasteiger partial charge on any atom is 0.341 e. The molecule has 0 saturated carbocycles. The molecule has 2 N–H and O–H groups in total. The van der Waals surface area contributed by atoms with Crippen LogP contribution in [0.5, 0.6) is 11.5 Å². The molecular weight excluding hydrogens is 316 g/mol. The van der Waals surface area contributed by atoms with E-state index in [0.29, 0.717) is 0 Å². The smallest absolute Gasteiger partial charge is 0.341 e. The molecule has 0 radical (unpaired) electrons. The number of aromatic hydroxyl groups is 2. The molecule has 0 unspecified atom stereocenters. The van der Waals surface area contributed by atoms with Crippen LogP contribution in [0.1, 0.15) is 20.7 Å². The Morgan fingerprint density at radius 2 is 1.17 bits per heavy atom. The highest BCUT2D eigenvalue weighted by Crippen LogP contribution is 2.28. The number of rotatable bonds is 4. The largest absolute Gasteiger partial charge is 0.507 e. The van der Waals surface area contributed by atoms with Crippen LogP contribution in [0.25, 0.3) is 0 Å². The van der Waals surface area contributed by atoms with Crippen LogP contribution in [0, 0.1) is 0 Å². The van der Waals surface area contributed by atoms with Crippen LogP contribution in [-0.2, 0) is 9.47 Å². The molecule has 8 nitrogen and oxygen atoms in total. The molecule has 0 amide bonds. The third kappa shape index (κ3) is 3.67. The number of benzene rings is 2. The van der Waals surface area contributed by atoms with Crippen LogP contribution in [0.3, 0.4) is 0 Å². The number of phenols is 2. The van der Waals surface area contributed by atoms with E-state index in [1.807, 2.05) is 0 Å². The van der Waals surface area contributed by atoms with Crippen LogP contribution in [0.2, 0.25) is 0 Å². The zero-order valence-electron chi connectivity index (χ0n) is 12.9. The summed E-state index contributed by atoms with van der Waals surface area (Å²) in [4.78, 5) is 22.7. The number of phenolic OH excluding ortho intramolecular Hbond substituents is 2. The van der Waals surface area contributed by atoms with E-state index >= 15 is 0 Å². The summed E-state index contributed by atoms with van der Waals surface area (Å²) in [5, 5.41) is 27.3. The van der Waals surface area contributed by atoms with Crippen molar-refractivity contribution in [2.45, 2.75) is 0 Å². The van der Waals surface area contributed by atoms with Gasteiger partial charge in [-0.25, -0.2) is 9.59 Å². The van der Waals surface area contributed by atoms with Gasteiger partial charge in [0.15, 0.2) is 0 Å². The number of hydrogen-bond donors (Lipinski definition) is 2. The van der Waals surface area contributed by atoms with Gasteiger partial charge in [-0.1, -0.05) is 0 Å². The van der Waals surface area contributed by atoms with Crippen LogP contribution in [0.15, 0.2) is 46.6 Å². The molecule has 0 saturated heterocycles. The SMILES string of the molecule is COC(=O)c1ccc(N=Nc2ccc(C(=O)OC)c(O)c2)cc1O. The van der Waals surface area contributed by atoms with Crippen molar-refractivity contribution >= 4 is 23.3 Å². The van der Waals surface area contributed by atoms with Gasteiger partial charge in [-0.05, 0) is 24.3 Å². The molecule has 2 rings (SSSR count). The number of carbonyl (C=O) groups is 2. The van der Waals surface area contributed by atoms with Crippen molar-refractivity contribution in [2.24, 2.45) is 10.2 Å². The molecule has 0 aromatic heterocycles. The summed E-state index contributed by atoms with van der Waals surface area (Å²) in [5.41, 5.74) is 0.599. The van der Waals surface area contributed by atoms with Gasteiger partial charge in [0.25, 0.3) is 0 Å². The van der Waals surface area contributed by atoms with Crippen LogP contribution < -0.4 is 0 Å². The van der Waals surface area contributed by atoms with Crippen molar-refractivity contribution in [3.8, 4) is 11.5 Å². The number of nitrogens with zero attached hydrogens (tertiary/aromatic N) is 2. The third-order valence-electron chi connectivity index (χ3n) is 3.05. The fourth-order valence-electron chi connectivity index (χ4n) is 1.85. The van der Waals surface area contributed by atoms with E-state index in [1.165, 1.54) is 50.6 Å². The van der Waals surface area contributed by atoms with Gasteiger partial charge in [0, 0.05) is 12.1 Å². The molecule has 0 fully saturated rings. The second-order valence-electron chi connectivity index (χ2n) is 4.59. The maximum absolute atomic E-state index is 11.4. The van der Waals surface area contributed by atoms with Gasteiger partial charge in [0.2, 0.25) is 0 Å². The van der Waals surface area contributed by atoms with E-state index in [4.69, 9.17) is 0 Å². The minimum atomic E-state index is -0.667. The Morgan fingerprint density at radius 1 is 0.792 bits per heavy atom. The van der Waals surface area contributed by atoms with E-state index < -0.39 is 11.9 Å². The first-order chi connectivity index (χ1) is 11.5. The van der Waals surface area contributed by atoms with Crippen molar-refractivity contribution in [3.05, 3.63) is 47.5 Å². The van der Waals surface area contributed by atoms with E-state index in [2.05, 4.69) is 19.7 Å². The number of ether oxygens (including phenoxy) is 2. The summed E-state index contributed by atoms with van der Waals surface area (Å²) in [6, 6.07) is 8.15. The fraction of sp³-hybridized carbons (Fsp3) is 0.125. The first kappa shape index (κ1) is 16.9. The summed E-state index contributed by atoms with van der Waals surface area (Å²) in [7, 11) is 2.42. The standard InChI is InChI=1S/C16H14N2O6/c1-23-15(21)11-5-3-9(7-13(11)19)17-18-10-4-6-12(14(20)8-10)16(22)24-2/h3-8,19-20H,1-2H3. The number of hydrogen-bond acceptors (Lipinski definition) is 8. The average Bonchev–Trinajstić information content (AvgIpc) is 2.58. The van der Waals surface area contributed by atoms with Crippen LogP contribution >= 0.6 is 0 Å². The topological polar surface area (TPSA) is 118 Å². The average molecular weight is 330 g/mol. The highest BCUT2D eigenvalue weighted by molar-refractivity contribution is 5.93. The molecule has 24 heavy (non-hydrogen) atoms. The predicted octanol–water partition coefficient (Wildman–Crippen LogP) is 3.09. The Hall–Kier alpha value is -3.42. The lowest BCUT2D eigenvalue weighted by Crippen LogP contribution is -2.00. The van der Waals surface area contributed by atoms with Crippen LogP contribution in [-0.4, -0.2) is 36.4 Å². The van der Waals surface area contributed by atoms with E-state index in [9.17, 15) is 19.8 Å². The second kappa shape index (κ2) is 7.23. The van der Waals surface area contributed by atoms with Crippen molar-refractivity contribution < 1.29 is 29.3 Å².